The zero-order valence-corrected chi connectivity index (χ0v) is 9.00. The summed E-state index contributed by atoms with van der Waals surface area (Å²) in [6, 6.07) is 3.94. The van der Waals surface area contributed by atoms with Crippen molar-refractivity contribution in [2.24, 2.45) is 0 Å². The van der Waals surface area contributed by atoms with E-state index in [0.717, 1.165) is 18.2 Å². The molecule has 0 radical (unpaired) electrons. The van der Waals surface area contributed by atoms with E-state index in [1.165, 1.54) is 0 Å². The second-order valence-corrected chi connectivity index (χ2v) is 3.01. The first-order valence-corrected chi connectivity index (χ1v) is 4.23. The van der Waals surface area contributed by atoms with Crippen LogP contribution in [0.5, 0.6) is 0 Å². The van der Waals surface area contributed by atoms with Gasteiger partial charge in [-0.05, 0) is 12.1 Å². The lowest BCUT2D eigenvalue weighted by Gasteiger charge is -1.97. The van der Waals surface area contributed by atoms with Crippen molar-refractivity contribution >= 4 is 18.4 Å². The first-order chi connectivity index (χ1) is 7.58. The SMILES string of the molecule is Cl.O=C(O)c1cc(-c2ccc(F)cc2F)on1. The number of nitrogens with zero attached hydrogens (tertiary/aromatic N) is 1. The van der Waals surface area contributed by atoms with Crippen molar-refractivity contribution in [1.82, 2.24) is 5.16 Å². The van der Waals surface area contributed by atoms with Crippen LogP contribution >= 0.6 is 12.4 Å². The molecule has 7 heteroatoms. The van der Waals surface area contributed by atoms with E-state index in [1.54, 1.807) is 0 Å². The molecule has 2 aromatic rings. The zero-order valence-electron chi connectivity index (χ0n) is 8.18. The third-order valence-corrected chi connectivity index (χ3v) is 1.93. The summed E-state index contributed by atoms with van der Waals surface area (Å²) in [5.41, 5.74) is -0.375. The Labute approximate surface area is 100 Å². The van der Waals surface area contributed by atoms with Gasteiger partial charge in [-0.3, -0.25) is 0 Å². The lowest BCUT2D eigenvalue weighted by atomic mass is 10.1. The summed E-state index contributed by atoms with van der Waals surface area (Å²) >= 11 is 0. The summed E-state index contributed by atoms with van der Waals surface area (Å²) in [5, 5.41) is 11.8. The van der Waals surface area contributed by atoms with Crippen molar-refractivity contribution in [2.75, 3.05) is 0 Å². The van der Waals surface area contributed by atoms with Crippen LogP contribution in [-0.2, 0) is 0 Å². The van der Waals surface area contributed by atoms with Crippen LogP contribution < -0.4 is 0 Å². The fourth-order valence-electron chi connectivity index (χ4n) is 1.19. The van der Waals surface area contributed by atoms with Gasteiger partial charge in [-0.2, -0.15) is 0 Å². The molecule has 17 heavy (non-hydrogen) atoms. The summed E-state index contributed by atoms with van der Waals surface area (Å²) in [7, 11) is 0. The van der Waals surface area contributed by atoms with Gasteiger partial charge in [0.05, 0.1) is 5.56 Å². The van der Waals surface area contributed by atoms with Gasteiger partial charge in [-0.25, -0.2) is 13.6 Å². The Morgan fingerprint density at radius 3 is 2.53 bits per heavy atom. The van der Waals surface area contributed by atoms with Gasteiger partial charge in [0.25, 0.3) is 0 Å². The molecule has 0 unspecified atom stereocenters. The van der Waals surface area contributed by atoms with Gasteiger partial charge in [-0.1, -0.05) is 5.16 Å². The first kappa shape index (κ1) is 13.1. The number of aromatic carboxylic acids is 1. The highest BCUT2D eigenvalue weighted by molar-refractivity contribution is 5.86. The standard InChI is InChI=1S/C10H5F2NO3.ClH/c11-5-1-2-6(7(12)3-5)9-4-8(10(14)15)13-16-9;/h1-4H,(H,14,15);1H. The van der Waals surface area contributed by atoms with Crippen molar-refractivity contribution in [3.8, 4) is 11.3 Å². The van der Waals surface area contributed by atoms with E-state index in [2.05, 4.69) is 9.68 Å². The highest BCUT2D eigenvalue weighted by Gasteiger charge is 2.15. The molecule has 0 aliphatic rings. The van der Waals surface area contributed by atoms with E-state index in [0.29, 0.717) is 6.07 Å². The summed E-state index contributed by atoms with van der Waals surface area (Å²) in [6.07, 6.45) is 0. The second kappa shape index (κ2) is 4.92. The highest BCUT2D eigenvalue weighted by atomic mass is 35.5. The van der Waals surface area contributed by atoms with Gasteiger partial charge in [0.2, 0.25) is 0 Å². The van der Waals surface area contributed by atoms with Crippen molar-refractivity contribution in [2.45, 2.75) is 0 Å². The number of carboxylic acids is 1. The molecule has 4 nitrogen and oxygen atoms in total. The quantitative estimate of drug-likeness (QED) is 0.903. The van der Waals surface area contributed by atoms with Gasteiger partial charge in [0, 0.05) is 12.1 Å². The molecule has 0 saturated heterocycles. The number of benzene rings is 1. The Hall–Kier alpha value is -1.95. The largest absolute Gasteiger partial charge is 0.476 e. The Morgan fingerprint density at radius 1 is 1.29 bits per heavy atom. The first-order valence-electron chi connectivity index (χ1n) is 4.23. The summed E-state index contributed by atoms with van der Waals surface area (Å²) < 4.78 is 30.5. The lowest BCUT2D eigenvalue weighted by Crippen LogP contribution is -1.94. The Kier molecular flexibility index (Phi) is 3.80. The van der Waals surface area contributed by atoms with Crippen LogP contribution in [0.1, 0.15) is 10.5 Å². The molecular formula is C10H6ClF2NO3. The number of rotatable bonds is 2. The average molecular weight is 262 g/mol. The number of hydrogen-bond acceptors (Lipinski definition) is 3. The predicted molar refractivity (Wildman–Crippen MR) is 56.1 cm³/mol. The van der Waals surface area contributed by atoms with Crippen LogP contribution in [-0.4, -0.2) is 16.2 Å². The average Bonchev–Trinajstić information content (AvgIpc) is 2.66. The van der Waals surface area contributed by atoms with E-state index < -0.39 is 17.6 Å². The molecule has 0 saturated carbocycles. The summed E-state index contributed by atoms with van der Waals surface area (Å²) in [6.45, 7) is 0. The number of carboxylic acid groups (broad SMARTS) is 1. The molecule has 0 fully saturated rings. The van der Waals surface area contributed by atoms with Crippen LogP contribution in [0.15, 0.2) is 28.8 Å². The molecule has 0 aliphatic carbocycles. The molecule has 0 bridgehead atoms. The van der Waals surface area contributed by atoms with Gasteiger partial charge in [0.1, 0.15) is 11.6 Å². The molecule has 0 spiro atoms. The number of carbonyl (C=O) groups is 1. The van der Waals surface area contributed by atoms with Crippen LogP contribution in [0.4, 0.5) is 8.78 Å². The van der Waals surface area contributed by atoms with E-state index >= 15 is 0 Å². The molecule has 0 amide bonds. The number of aromatic nitrogens is 1. The van der Waals surface area contributed by atoms with E-state index in [4.69, 9.17) is 5.11 Å². The molecule has 1 heterocycles. The number of halogens is 3. The maximum absolute atomic E-state index is 13.3. The van der Waals surface area contributed by atoms with Crippen molar-refractivity contribution < 1.29 is 23.2 Å². The number of hydrogen-bond donors (Lipinski definition) is 1. The smallest absolute Gasteiger partial charge is 0.358 e. The normalized spacial score (nSPS) is 9.76. The van der Waals surface area contributed by atoms with Crippen LogP contribution in [0.25, 0.3) is 11.3 Å². The fourth-order valence-corrected chi connectivity index (χ4v) is 1.19. The molecule has 90 valence electrons. The summed E-state index contributed by atoms with van der Waals surface area (Å²) in [4.78, 5) is 10.5. The zero-order chi connectivity index (χ0) is 11.7. The van der Waals surface area contributed by atoms with Gasteiger partial charge >= 0.3 is 5.97 Å². The minimum Gasteiger partial charge on any atom is -0.476 e. The molecule has 1 aromatic heterocycles. The van der Waals surface area contributed by atoms with Gasteiger partial charge in [-0.15, -0.1) is 12.4 Å². The minimum atomic E-state index is -1.28. The topological polar surface area (TPSA) is 63.3 Å². The Bertz CT molecular complexity index is 556. The molecule has 1 aromatic carbocycles. The van der Waals surface area contributed by atoms with Crippen LogP contribution in [0, 0.1) is 11.6 Å². The molecule has 1 N–H and O–H groups in total. The lowest BCUT2D eigenvalue weighted by molar-refractivity contribution is 0.0686. The predicted octanol–water partition coefficient (Wildman–Crippen LogP) is 2.74. The maximum atomic E-state index is 13.3. The maximum Gasteiger partial charge on any atom is 0.358 e. The molecular weight excluding hydrogens is 256 g/mol. The fraction of sp³-hybridized carbons (Fsp3) is 0. The van der Waals surface area contributed by atoms with Crippen LogP contribution in [0.2, 0.25) is 0 Å². The third kappa shape index (κ3) is 2.59. The van der Waals surface area contributed by atoms with Gasteiger partial charge < -0.3 is 9.63 Å². The van der Waals surface area contributed by atoms with Crippen molar-refractivity contribution in [3.63, 3.8) is 0 Å². The second-order valence-electron chi connectivity index (χ2n) is 3.01. The van der Waals surface area contributed by atoms with E-state index in [1.807, 2.05) is 0 Å². The highest BCUT2D eigenvalue weighted by Crippen LogP contribution is 2.24. The summed E-state index contributed by atoms with van der Waals surface area (Å²) in [5.74, 6) is -2.90. The van der Waals surface area contributed by atoms with E-state index in [9.17, 15) is 13.6 Å². The Balaban J connectivity index is 0.00000144. The molecule has 0 aliphatic heterocycles. The van der Waals surface area contributed by atoms with E-state index in [-0.39, 0.29) is 29.4 Å². The minimum absolute atomic E-state index is 0. The molecule has 2 rings (SSSR count). The van der Waals surface area contributed by atoms with Crippen molar-refractivity contribution in [3.05, 3.63) is 41.6 Å². The molecule has 0 atom stereocenters. The van der Waals surface area contributed by atoms with Crippen LogP contribution in [0.3, 0.4) is 0 Å². The monoisotopic (exact) mass is 261 g/mol. The van der Waals surface area contributed by atoms with Gasteiger partial charge in [0.15, 0.2) is 11.5 Å². The third-order valence-electron chi connectivity index (χ3n) is 1.93. The van der Waals surface area contributed by atoms with Crippen molar-refractivity contribution in [1.29, 1.82) is 0 Å². The Morgan fingerprint density at radius 2 is 2.00 bits per heavy atom.